The van der Waals surface area contributed by atoms with E-state index in [1.807, 2.05) is 31.2 Å². The van der Waals surface area contributed by atoms with E-state index in [0.717, 1.165) is 25.2 Å². The second kappa shape index (κ2) is 8.01. The number of carbonyl (C=O) groups excluding carboxylic acids is 1. The van der Waals surface area contributed by atoms with Crippen LogP contribution in [0.3, 0.4) is 0 Å². The van der Waals surface area contributed by atoms with Crippen molar-refractivity contribution in [3.63, 3.8) is 0 Å². The normalized spacial score (nSPS) is 10.9. The largest absolute Gasteiger partial charge is 0.383 e. The lowest BCUT2D eigenvalue weighted by Crippen LogP contribution is -2.29. The number of hydrogen-bond donors (Lipinski definition) is 0. The summed E-state index contributed by atoms with van der Waals surface area (Å²) < 4.78 is 5.05. The van der Waals surface area contributed by atoms with Crippen molar-refractivity contribution < 1.29 is 9.53 Å². The summed E-state index contributed by atoms with van der Waals surface area (Å²) >= 11 is 0. The molecule has 0 bridgehead atoms. The van der Waals surface area contributed by atoms with Crippen molar-refractivity contribution in [2.75, 3.05) is 33.4 Å². The maximum atomic E-state index is 12.0. The molecule has 0 aliphatic heterocycles. The molecule has 0 aliphatic carbocycles. The molecule has 0 heterocycles. The highest BCUT2D eigenvalue weighted by atomic mass is 16.5. The molecule has 0 aliphatic rings. The molecule has 0 amide bonds. The van der Waals surface area contributed by atoms with Crippen LogP contribution in [-0.2, 0) is 4.74 Å². The second-order valence-electron chi connectivity index (χ2n) is 4.47. The molecule has 0 spiro atoms. The van der Waals surface area contributed by atoms with Crippen LogP contribution in [0.1, 0.15) is 29.3 Å². The molecule has 0 saturated heterocycles. The first-order valence-corrected chi connectivity index (χ1v) is 6.48. The van der Waals surface area contributed by atoms with Crippen molar-refractivity contribution >= 4 is 5.78 Å². The van der Waals surface area contributed by atoms with Crippen molar-refractivity contribution in [3.8, 4) is 0 Å². The Bertz CT molecular complexity index is 359. The Morgan fingerprint density at radius 2 is 1.89 bits per heavy atom. The van der Waals surface area contributed by atoms with Gasteiger partial charge in [0.1, 0.15) is 0 Å². The SMILES string of the molecule is CCN(CCOC)CCC(=O)c1ccc(C)cc1. The zero-order chi connectivity index (χ0) is 13.4. The van der Waals surface area contributed by atoms with E-state index >= 15 is 0 Å². The van der Waals surface area contributed by atoms with Gasteiger partial charge in [0, 0.05) is 32.2 Å². The Morgan fingerprint density at radius 1 is 1.22 bits per heavy atom. The minimum absolute atomic E-state index is 0.214. The molecule has 1 aromatic rings. The monoisotopic (exact) mass is 249 g/mol. The zero-order valence-electron chi connectivity index (χ0n) is 11.6. The lowest BCUT2D eigenvalue weighted by Gasteiger charge is -2.19. The van der Waals surface area contributed by atoms with Gasteiger partial charge in [0.05, 0.1) is 6.61 Å². The van der Waals surface area contributed by atoms with E-state index in [1.165, 1.54) is 5.56 Å². The molecule has 1 aromatic carbocycles. The van der Waals surface area contributed by atoms with E-state index in [-0.39, 0.29) is 5.78 Å². The molecule has 3 nitrogen and oxygen atoms in total. The average Bonchev–Trinajstić information content (AvgIpc) is 2.39. The molecule has 18 heavy (non-hydrogen) atoms. The molecule has 0 N–H and O–H groups in total. The van der Waals surface area contributed by atoms with Gasteiger partial charge in [0.15, 0.2) is 5.78 Å². The maximum absolute atomic E-state index is 12.0. The van der Waals surface area contributed by atoms with Crippen LogP contribution in [0.2, 0.25) is 0 Å². The highest BCUT2D eigenvalue weighted by molar-refractivity contribution is 5.96. The van der Waals surface area contributed by atoms with Crippen LogP contribution in [0.15, 0.2) is 24.3 Å². The Morgan fingerprint density at radius 3 is 2.44 bits per heavy atom. The number of aryl methyl sites for hydroxylation is 1. The number of methoxy groups -OCH3 is 1. The van der Waals surface area contributed by atoms with Crippen molar-refractivity contribution in [2.24, 2.45) is 0 Å². The molecule has 3 heteroatoms. The summed E-state index contributed by atoms with van der Waals surface area (Å²) in [4.78, 5) is 14.2. The number of rotatable bonds is 8. The van der Waals surface area contributed by atoms with Gasteiger partial charge < -0.3 is 9.64 Å². The third kappa shape index (κ3) is 4.98. The van der Waals surface area contributed by atoms with Crippen LogP contribution in [0.25, 0.3) is 0 Å². The second-order valence-corrected chi connectivity index (χ2v) is 4.47. The van der Waals surface area contributed by atoms with Crippen LogP contribution < -0.4 is 0 Å². The van der Waals surface area contributed by atoms with Crippen molar-refractivity contribution in [2.45, 2.75) is 20.3 Å². The van der Waals surface area contributed by atoms with Gasteiger partial charge in [-0.3, -0.25) is 4.79 Å². The van der Waals surface area contributed by atoms with Gasteiger partial charge >= 0.3 is 0 Å². The number of carbonyl (C=O) groups is 1. The summed E-state index contributed by atoms with van der Waals surface area (Å²) in [6.07, 6.45) is 0.570. The number of Topliss-reactive ketones (excluding diaryl/α,β-unsaturated/α-hetero) is 1. The Balaban J connectivity index is 2.42. The molecule has 0 aromatic heterocycles. The van der Waals surface area contributed by atoms with Crippen LogP contribution in [0, 0.1) is 6.92 Å². The van der Waals surface area contributed by atoms with Crippen LogP contribution in [0.4, 0.5) is 0 Å². The standard InChI is InChI=1S/C15H23NO2/c1-4-16(11-12-18-3)10-9-15(17)14-7-5-13(2)6-8-14/h5-8H,4,9-12H2,1-3H3. The molecule has 1 rings (SSSR count). The number of nitrogens with zero attached hydrogens (tertiary/aromatic N) is 1. The summed E-state index contributed by atoms with van der Waals surface area (Å²) in [5.41, 5.74) is 1.99. The first kappa shape index (κ1) is 14.9. The van der Waals surface area contributed by atoms with Gasteiger partial charge in [-0.1, -0.05) is 36.8 Å². The first-order valence-electron chi connectivity index (χ1n) is 6.48. The summed E-state index contributed by atoms with van der Waals surface area (Å²) in [5.74, 6) is 0.214. The van der Waals surface area contributed by atoms with Gasteiger partial charge in [-0.25, -0.2) is 0 Å². The lowest BCUT2D eigenvalue weighted by atomic mass is 10.1. The van der Waals surface area contributed by atoms with Crippen LogP contribution in [0.5, 0.6) is 0 Å². The van der Waals surface area contributed by atoms with Gasteiger partial charge in [0.25, 0.3) is 0 Å². The molecule has 0 atom stereocenters. The van der Waals surface area contributed by atoms with Crippen molar-refractivity contribution in [1.29, 1.82) is 0 Å². The molecule has 0 unspecified atom stereocenters. The fourth-order valence-electron chi connectivity index (χ4n) is 1.79. The van der Waals surface area contributed by atoms with E-state index in [4.69, 9.17) is 4.74 Å². The molecule has 0 radical (unpaired) electrons. The minimum atomic E-state index is 0.214. The van der Waals surface area contributed by atoms with Crippen molar-refractivity contribution in [3.05, 3.63) is 35.4 Å². The Labute approximate surface area is 110 Å². The summed E-state index contributed by atoms with van der Waals surface area (Å²) in [6.45, 7) is 7.47. The number of likely N-dealkylation sites (N-methyl/N-ethyl adjacent to an activating group) is 1. The number of benzene rings is 1. The quantitative estimate of drug-likeness (QED) is 0.663. The van der Waals surface area contributed by atoms with E-state index in [1.54, 1.807) is 7.11 Å². The van der Waals surface area contributed by atoms with Gasteiger partial charge in [-0.05, 0) is 13.5 Å². The molecular weight excluding hydrogens is 226 g/mol. The Hall–Kier alpha value is -1.19. The summed E-state index contributed by atoms with van der Waals surface area (Å²) in [6, 6.07) is 7.78. The van der Waals surface area contributed by atoms with Gasteiger partial charge in [-0.2, -0.15) is 0 Å². The Kier molecular flexibility index (Phi) is 6.61. The van der Waals surface area contributed by atoms with Crippen molar-refractivity contribution in [1.82, 2.24) is 4.90 Å². The zero-order valence-corrected chi connectivity index (χ0v) is 11.6. The van der Waals surface area contributed by atoms with Gasteiger partial charge in [-0.15, -0.1) is 0 Å². The topological polar surface area (TPSA) is 29.5 Å². The third-order valence-corrected chi connectivity index (χ3v) is 3.09. The van der Waals surface area contributed by atoms with Crippen LogP contribution in [-0.4, -0.2) is 44.0 Å². The summed E-state index contributed by atoms with van der Waals surface area (Å²) in [5, 5.41) is 0. The highest BCUT2D eigenvalue weighted by Crippen LogP contribution is 2.06. The predicted molar refractivity (Wildman–Crippen MR) is 74.1 cm³/mol. The molecule has 0 saturated carbocycles. The average molecular weight is 249 g/mol. The number of ether oxygens (including phenoxy) is 1. The lowest BCUT2D eigenvalue weighted by molar-refractivity contribution is 0.0952. The smallest absolute Gasteiger partial charge is 0.164 e. The van der Waals surface area contributed by atoms with E-state index in [0.29, 0.717) is 13.0 Å². The van der Waals surface area contributed by atoms with Gasteiger partial charge in [0.2, 0.25) is 0 Å². The fraction of sp³-hybridized carbons (Fsp3) is 0.533. The molecule has 100 valence electrons. The van der Waals surface area contributed by atoms with Crippen LogP contribution >= 0.6 is 0 Å². The predicted octanol–water partition coefficient (Wildman–Crippen LogP) is 2.54. The highest BCUT2D eigenvalue weighted by Gasteiger charge is 2.08. The summed E-state index contributed by atoms with van der Waals surface area (Å²) in [7, 11) is 1.70. The minimum Gasteiger partial charge on any atom is -0.383 e. The van der Waals surface area contributed by atoms with E-state index in [2.05, 4.69) is 11.8 Å². The molecular formula is C15H23NO2. The molecule has 0 fully saturated rings. The number of ketones is 1. The third-order valence-electron chi connectivity index (χ3n) is 3.09. The fourth-order valence-corrected chi connectivity index (χ4v) is 1.79. The maximum Gasteiger partial charge on any atom is 0.164 e. The van der Waals surface area contributed by atoms with E-state index in [9.17, 15) is 4.79 Å². The van der Waals surface area contributed by atoms with E-state index < -0.39 is 0 Å². The first-order chi connectivity index (χ1) is 8.67. The number of hydrogen-bond acceptors (Lipinski definition) is 3.